The van der Waals surface area contributed by atoms with Gasteiger partial charge in [0.2, 0.25) is 0 Å². The normalized spacial score (nSPS) is 11.5. The molecule has 0 amide bonds. The van der Waals surface area contributed by atoms with E-state index in [1.165, 1.54) is 11.7 Å². The maximum atomic E-state index is 10.9. The highest BCUT2D eigenvalue weighted by Gasteiger charge is 2.33. The molecule has 0 N–H and O–H groups in total. The lowest BCUT2D eigenvalue weighted by atomic mass is 9.91. The first-order valence-electron chi connectivity index (χ1n) is 4.46. The highest BCUT2D eigenvalue weighted by Crippen LogP contribution is 2.31. The number of hydrogen-bond donors (Lipinski definition) is 0. The summed E-state index contributed by atoms with van der Waals surface area (Å²) in [5.41, 5.74) is -0.316. The Morgan fingerprint density at radius 1 is 1.47 bits per heavy atom. The van der Waals surface area contributed by atoms with Gasteiger partial charge in [0.25, 0.3) is 0 Å². The minimum atomic E-state index is -0.558. The van der Waals surface area contributed by atoms with Crippen molar-refractivity contribution in [3.05, 3.63) is 21.5 Å². The molecule has 1 aromatic rings. The minimum Gasteiger partial charge on any atom is -0.296 e. The summed E-state index contributed by atoms with van der Waals surface area (Å²) in [5.74, 6) is 0. The zero-order valence-electron chi connectivity index (χ0n) is 9.14. The Kier molecular flexibility index (Phi) is 2.61. The molecule has 15 heavy (non-hydrogen) atoms. The molecular formula is C9H13N3O3. The van der Waals surface area contributed by atoms with E-state index < -0.39 is 10.3 Å². The summed E-state index contributed by atoms with van der Waals surface area (Å²) >= 11 is 0. The van der Waals surface area contributed by atoms with Crippen molar-refractivity contribution in [3.63, 3.8) is 0 Å². The van der Waals surface area contributed by atoms with E-state index in [1.807, 2.05) is 20.8 Å². The second-order valence-electron chi connectivity index (χ2n) is 4.33. The third kappa shape index (κ3) is 1.88. The van der Waals surface area contributed by atoms with Gasteiger partial charge < -0.3 is 0 Å². The first-order valence-corrected chi connectivity index (χ1v) is 4.46. The summed E-state index contributed by atoms with van der Waals surface area (Å²) in [6.07, 6.45) is 0.459. The van der Waals surface area contributed by atoms with Crippen LogP contribution in [-0.4, -0.2) is 21.0 Å². The maximum absolute atomic E-state index is 10.9. The van der Waals surface area contributed by atoms with Gasteiger partial charge in [-0.2, -0.15) is 5.10 Å². The molecule has 0 spiro atoms. The number of aldehydes is 1. The van der Waals surface area contributed by atoms with E-state index in [9.17, 15) is 14.9 Å². The molecule has 0 aromatic carbocycles. The van der Waals surface area contributed by atoms with E-state index in [4.69, 9.17) is 0 Å². The van der Waals surface area contributed by atoms with Crippen LogP contribution in [0.1, 0.15) is 37.0 Å². The number of rotatable bonds is 2. The van der Waals surface area contributed by atoms with Crippen LogP contribution in [0.4, 0.5) is 5.69 Å². The summed E-state index contributed by atoms with van der Waals surface area (Å²) in [4.78, 5) is 21.0. The van der Waals surface area contributed by atoms with Crippen LogP contribution in [0.15, 0.2) is 0 Å². The predicted molar refractivity (Wildman–Crippen MR) is 53.9 cm³/mol. The van der Waals surface area contributed by atoms with Crippen LogP contribution in [-0.2, 0) is 12.5 Å². The maximum Gasteiger partial charge on any atom is 0.321 e. The van der Waals surface area contributed by atoms with E-state index in [0.717, 1.165) is 0 Å². The Bertz CT molecular complexity index is 415. The molecule has 0 unspecified atom stereocenters. The van der Waals surface area contributed by atoms with E-state index in [1.54, 1.807) is 0 Å². The fourth-order valence-corrected chi connectivity index (χ4v) is 1.34. The lowest BCUT2D eigenvalue weighted by molar-refractivity contribution is -0.386. The minimum absolute atomic E-state index is 0.00456. The molecule has 6 heteroatoms. The van der Waals surface area contributed by atoms with Gasteiger partial charge in [-0.25, -0.2) is 0 Å². The van der Waals surface area contributed by atoms with Crippen LogP contribution in [0.5, 0.6) is 0 Å². The summed E-state index contributed by atoms with van der Waals surface area (Å²) in [6, 6.07) is 0. The summed E-state index contributed by atoms with van der Waals surface area (Å²) in [7, 11) is 1.52. The molecule has 0 radical (unpaired) electrons. The van der Waals surface area contributed by atoms with Crippen molar-refractivity contribution in [3.8, 4) is 0 Å². The van der Waals surface area contributed by atoms with E-state index >= 15 is 0 Å². The molecule has 0 aliphatic carbocycles. The smallest absolute Gasteiger partial charge is 0.296 e. The molecular weight excluding hydrogens is 198 g/mol. The molecule has 0 fully saturated rings. The number of aryl methyl sites for hydroxylation is 1. The number of hydrogen-bond acceptors (Lipinski definition) is 4. The summed E-state index contributed by atoms with van der Waals surface area (Å²) in [6.45, 7) is 5.45. The molecule has 1 rings (SSSR count). The third-order valence-corrected chi connectivity index (χ3v) is 2.07. The van der Waals surface area contributed by atoms with Gasteiger partial charge in [0, 0.05) is 12.5 Å². The fourth-order valence-electron chi connectivity index (χ4n) is 1.34. The number of nitro groups is 1. The molecule has 6 nitrogen and oxygen atoms in total. The monoisotopic (exact) mass is 211 g/mol. The largest absolute Gasteiger partial charge is 0.321 e. The summed E-state index contributed by atoms with van der Waals surface area (Å²) < 4.78 is 1.24. The topological polar surface area (TPSA) is 78.0 Å². The second kappa shape index (κ2) is 3.45. The van der Waals surface area contributed by atoms with Gasteiger partial charge >= 0.3 is 5.69 Å². The molecule has 0 bridgehead atoms. The second-order valence-corrected chi connectivity index (χ2v) is 4.33. The van der Waals surface area contributed by atoms with Gasteiger partial charge in [-0.05, 0) is 0 Å². The number of nitrogens with zero attached hydrogens (tertiary/aromatic N) is 3. The Morgan fingerprint density at radius 3 is 2.33 bits per heavy atom. The van der Waals surface area contributed by atoms with E-state index in [2.05, 4.69) is 5.10 Å². The van der Waals surface area contributed by atoms with Crippen molar-refractivity contribution in [2.45, 2.75) is 26.2 Å². The molecule has 0 saturated carbocycles. The summed E-state index contributed by atoms with van der Waals surface area (Å²) in [5, 5.41) is 14.9. The Labute approximate surface area is 87.0 Å². The lowest BCUT2D eigenvalue weighted by Gasteiger charge is -2.13. The van der Waals surface area contributed by atoms with Crippen LogP contribution in [0.2, 0.25) is 0 Å². The molecule has 0 aliphatic heterocycles. The van der Waals surface area contributed by atoms with Gasteiger partial charge in [0.1, 0.15) is 5.69 Å². The van der Waals surface area contributed by atoms with Crippen molar-refractivity contribution in [1.29, 1.82) is 0 Å². The van der Waals surface area contributed by atoms with Crippen molar-refractivity contribution in [1.82, 2.24) is 9.78 Å². The van der Waals surface area contributed by atoms with E-state index in [-0.39, 0.29) is 11.4 Å². The van der Waals surface area contributed by atoms with Crippen LogP contribution < -0.4 is 0 Å². The average Bonchev–Trinajstić information content (AvgIpc) is 2.41. The van der Waals surface area contributed by atoms with Gasteiger partial charge in [-0.3, -0.25) is 19.6 Å². The quantitative estimate of drug-likeness (QED) is 0.421. The van der Waals surface area contributed by atoms with Crippen LogP contribution in [0, 0.1) is 10.1 Å². The standard InChI is InChI=1S/C9H13N3O3/c1-9(2,3)8-7(12(14)15)6(5-13)11(4)10-8/h5H,1-4H3. The van der Waals surface area contributed by atoms with Crippen molar-refractivity contribution < 1.29 is 9.72 Å². The van der Waals surface area contributed by atoms with Crippen molar-refractivity contribution in [2.75, 3.05) is 0 Å². The molecule has 0 atom stereocenters. The SMILES string of the molecule is Cn1nc(C(C)(C)C)c([N+](=O)[O-])c1C=O. The van der Waals surface area contributed by atoms with Crippen molar-refractivity contribution in [2.24, 2.45) is 7.05 Å². The van der Waals surface area contributed by atoms with Crippen LogP contribution in [0.25, 0.3) is 0 Å². The van der Waals surface area contributed by atoms with Gasteiger partial charge in [0.05, 0.1) is 4.92 Å². The first-order chi connectivity index (χ1) is 6.79. The highest BCUT2D eigenvalue weighted by atomic mass is 16.6. The number of carbonyl (C=O) groups excluding carboxylic acids is 1. The number of aromatic nitrogens is 2. The molecule has 0 saturated heterocycles. The Morgan fingerprint density at radius 2 is 2.00 bits per heavy atom. The highest BCUT2D eigenvalue weighted by molar-refractivity contribution is 5.80. The number of carbonyl (C=O) groups is 1. The zero-order chi connectivity index (χ0) is 11.8. The fraction of sp³-hybridized carbons (Fsp3) is 0.556. The van der Waals surface area contributed by atoms with Crippen molar-refractivity contribution >= 4 is 12.0 Å². The Hall–Kier alpha value is -1.72. The van der Waals surface area contributed by atoms with Crippen LogP contribution in [0.3, 0.4) is 0 Å². The molecule has 1 aromatic heterocycles. The van der Waals surface area contributed by atoms with E-state index in [0.29, 0.717) is 12.0 Å². The van der Waals surface area contributed by atoms with Gasteiger partial charge in [-0.15, -0.1) is 0 Å². The molecule has 0 aliphatic rings. The lowest BCUT2D eigenvalue weighted by Crippen LogP contribution is -2.14. The zero-order valence-corrected chi connectivity index (χ0v) is 9.14. The third-order valence-electron chi connectivity index (χ3n) is 2.07. The van der Waals surface area contributed by atoms with Crippen LogP contribution >= 0.6 is 0 Å². The van der Waals surface area contributed by atoms with Gasteiger partial charge in [0.15, 0.2) is 12.0 Å². The molecule has 1 heterocycles. The average molecular weight is 211 g/mol. The Balaban J connectivity index is 3.54. The molecule has 82 valence electrons. The predicted octanol–water partition coefficient (Wildman–Crippen LogP) is 1.44. The van der Waals surface area contributed by atoms with Gasteiger partial charge in [-0.1, -0.05) is 20.8 Å². The first kappa shape index (κ1) is 11.4.